The van der Waals surface area contributed by atoms with Gasteiger partial charge in [-0.15, -0.1) is 0 Å². The van der Waals surface area contributed by atoms with Crippen molar-refractivity contribution in [1.82, 2.24) is 4.31 Å². The summed E-state index contributed by atoms with van der Waals surface area (Å²) in [6.07, 6.45) is -0.498. The molecule has 1 aliphatic heterocycles. The van der Waals surface area contributed by atoms with E-state index in [-0.39, 0.29) is 41.4 Å². The van der Waals surface area contributed by atoms with E-state index in [1.165, 1.54) is 40.7 Å². The average Bonchev–Trinajstić information content (AvgIpc) is 2.64. The lowest BCUT2D eigenvalue weighted by Gasteiger charge is -2.34. The topological polar surface area (TPSA) is 75.7 Å². The second-order valence-corrected chi connectivity index (χ2v) is 8.60. The van der Waals surface area contributed by atoms with Crippen LogP contribution in [0.1, 0.15) is 24.2 Å². The Balaban J connectivity index is 1.85. The van der Waals surface area contributed by atoms with Crippen LogP contribution in [0.2, 0.25) is 0 Å². The molecule has 2 unspecified atom stereocenters. The second kappa shape index (κ2) is 7.94. The van der Waals surface area contributed by atoms with Crippen molar-refractivity contribution in [3.63, 3.8) is 0 Å². The van der Waals surface area contributed by atoms with Gasteiger partial charge in [-0.2, -0.15) is 4.31 Å². The highest BCUT2D eigenvalue weighted by Crippen LogP contribution is 2.23. The first-order valence-corrected chi connectivity index (χ1v) is 10.1. The highest BCUT2D eigenvalue weighted by Gasteiger charge is 2.32. The van der Waals surface area contributed by atoms with Gasteiger partial charge in [-0.05, 0) is 44.2 Å². The SMILES string of the molecule is CC1CN(S(=O)(=O)c2cccc(C(=O)Nc3cccc(F)c3F)c2)CC(C)O1. The predicted molar refractivity (Wildman–Crippen MR) is 99.5 cm³/mol. The third-order valence-electron chi connectivity index (χ3n) is 4.32. The first-order valence-electron chi connectivity index (χ1n) is 8.69. The third-order valence-corrected chi connectivity index (χ3v) is 6.15. The van der Waals surface area contributed by atoms with Gasteiger partial charge < -0.3 is 10.1 Å². The minimum Gasteiger partial charge on any atom is -0.373 e. The number of halogens is 2. The zero-order chi connectivity index (χ0) is 20.5. The monoisotopic (exact) mass is 410 g/mol. The molecule has 3 rings (SSSR count). The van der Waals surface area contributed by atoms with Crippen molar-refractivity contribution in [3.05, 3.63) is 59.7 Å². The molecule has 28 heavy (non-hydrogen) atoms. The lowest BCUT2D eigenvalue weighted by molar-refractivity contribution is -0.0440. The number of benzene rings is 2. The van der Waals surface area contributed by atoms with Crippen LogP contribution in [-0.2, 0) is 14.8 Å². The van der Waals surface area contributed by atoms with Gasteiger partial charge in [-0.1, -0.05) is 12.1 Å². The van der Waals surface area contributed by atoms with E-state index in [0.29, 0.717) is 0 Å². The highest BCUT2D eigenvalue weighted by atomic mass is 32.2. The van der Waals surface area contributed by atoms with Crippen LogP contribution in [0.25, 0.3) is 0 Å². The Morgan fingerprint density at radius 1 is 1.11 bits per heavy atom. The van der Waals surface area contributed by atoms with Crippen molar-refractivity contribution in [3.8, 4) is 0 Å². The van der Waals surface area contributed by atoms with Gasteiger partial charge in [-0.25, -0.2) is 17.2 Å². The van der Waals surface area contributed by atoms with Crippen molar-refractivity contribution in [2.24, 2.45) is 0 Å². The van der Waals surface area contributed by atoms with Crippen LogP contribution in [0.15, 0.2) is 47.4 Å². The summed E-state index contributed by atoms with van der Waals surface area (Å²) in [6, 6.07) is 8.84. The van der Waals surface area contributed by atoms with Gasteiger partial charge in [0.05, 0.1) is 22.8 Å². The minimum absolute atomic E-state index is 0.0130. The van der Waals surface area contributed by atoms with Crippen molar-refractivity contribution in [2.75, 3.05) is 18.4 Å². The van der Waals surface area contributed by atoms with Crippen LogP contribution in [0.3, 0.4) is 0 Å². The van der Waals surface area contributed by atoms with Gasteiger partial charge in [-0.3, -0.25) is 4.79 Å². The molecule has 2 atom stereocenters. The number of hydrogen-bond donors (Lipinski definition) is 1. The number of rotatable bonds is 4. The largest absolute Gasteiger partial charge is 0.373 e. The first kappa shape index (κ1) is 20.4. The average molecular weight is 410 g/mol. The third kappa shape index (κ3) is 4.21. The van der Waals surface area contributed by atoms with Gasteiger partial charge in [0.1, 0.15) is 0 Å². The Morgan fingerprint density at radius 2 is 1.75 bits per heavy atom. The predicted octanol–water partition coefficient (Wildman–Crippen LogP) is 3.02. The molecular weight excluding hydrogens is 390 g/mol. The molecule has 0 bridgehead atoms. The molecule has 9 heteroatoms. The summed E-state index contributed by atoms with van der Waals surface area (Å²) in [5.74, 6) is -3.02. The number of hydrogen-bond acceptors (Lipinski definition) is 4. The smallest absolute Gasteiger partial charge is 0.255 e. The number of nitrogens with one attached hydrogen (secondary N) is 1. The Morgan fingerprint density at radius 3 is 2.43 bits per heavy atom. The normalized spacial score (nSPS) is 20.7. The molecule has 0 aliphatic carbocycles. The maximum absolute atomic E-state index is 13.8. The second-order valence-electron chi connectivity index (χ2n) is 6.66. The summed E-state index contributed by atoms with van der Waals surface area (Å²) < 4.78 is 59.8. The molecule has 1 saturated heterocycles. The van der Waals surface area contributed by atoms with Crippen LogP contribution in [0.5, 0.6) is 0 Å². The van der Waals surface area contributed by atoms with Gasteiger partial charge in [0.15, 0.2) is 11.6 Å². The van der Waals surface area contributed by atoms with Gasteiger partial charge in [0.25, 0.3) is 5.91 Å². The number of nitrogens with zero attached hydrogens (tertiary/aromatic N) is 1. The standard InChI is InChI=1S/C19H20F2N2O4S/c1-12-10-23(11-13(2)27-12)28(25,26)15-6-3-5-14(9-15)19(24)22-17-8-4-7-16(20)18(17)21/h3-9,12-13H,10-11H2,1-2H3,(H,22,24). The molecule has 1 fully saturated rings. The summed E-state index contributed by atoms with van der Waals surface area (Å²) in [4.78, 5) is 12.4. The zero-order valence-corrected chi connectivity index (χ0v) is 16.2. The van der Waals surface area contributed by atoms with Crippen molar-refractivity contribution < 1.29 is 26.7 Å². The van der Waals surface area contributed by atoms with E-state index in [4.69, 9.17) is 4.74 Å². The van der Waals surface area contributed by atoms with Gasteiger partial charge in [0.2, 0.25) is 10.0 Å². The van der Waals surface area contributed by atoms with E-state index in [2.05, 4.69) is 5.32 Å². The lowest BCUT2D eigenvalue weighted by atomic mass is 10.2. The number of anilines is 1. The first-order chi connectivity index (χ1) is 13.2. The maximum atomic E-state index is 13.8. The molecule has 0 saturated carbocycles. The van der Waals surface area contributed by atoms with Crippen LogP contribution >= 0.6 is 0 Å². The van der Waals surface area contributed by atoms with Crippen LogP contribution in [0.4, 0.5) is 14.5 Å². The lowest BCUT2D eigenvalue weighted by Crippen LogP contribution is -2.48. The Hall–Kier alpha value is -2.36. The fourth-order valence-corrected chi connectivity index (χ4v) is 4.71. The van der Waals surface area contributed by atoms with E-state index in [1.54, 1.807) is 13.8 Å². The van der Waals surface area contributed by atoms with Crippen LogP contribution in [-0.4, -0.2) is 43.9 Å². The molecule has 2 aromatic rings. The van der Waals surface area contributed by atoms with E-state index in [9.17, 15) is 22.0 Å². The number of ether oxygens (including phenoxy) is 1. The number of morpholine rings is 1. The number of carbonyl (C=O) groups is 1. The summed E-state index contributed by atoms with van der Waals surface area (Å²) in [5.41, 5.74) is -0.312. The maximum Gasteiger partial charge on any atom is 0.255 e. The molecule has 0 aromatic heterocycles. The Kier molecular flexibility index (Phi) is 5.78. The molecule has 1 N–H and O–H groups in total. The number of carbonyl (C=O) groups excluding carboxylic acids is 1. The minimum atomic E-state index is -3.83. The molecular formula is C19H20F2N2O4S. The van der Waals surface area contributed by atoms with E-state index in [0.717, 1.165) is 6.07 Å². The van der Waals surface area contributed by atoms with E-state index >= 15 is 0 Å². The quantitative estimate of drug-likeness (QED) is 0.841. The summed E-state index contributed by atoms with van der Waals surface area (Å²) in [7, 11) is -3.83. The van der Waals surface area contributed by atoms with Gasteiger partial charge in [0, 0.05) is 18.7 Å². The molecule has 150 valence electrons. The van der Waals surface area contributed by atoms with Gasteiger partial charge >= 0.3 is 0 Å². The molecule has 2 aromatic carbocycles. The molecule has 1 amide bonds. The molecule has 0 spiro atoms. The Bertz CT molecular complexity index is 987. The number of sulfonamides is 1. The van der Waals surface area contributed by atoms with Crippen LogP contribution in [0, 0.1) is 11.6 Å². The molecule has 1 heterocycles. The summed E-state index contributed by atoms with van der Waals surface area (Å²) >= 11 is 0. The molecule has 0 radical (unpaired) electrons. The summed E-state index contributed by atoms with van der Waals surface area (Å²) in [5, 5.41) is 2.26. The van der Waals surface area contributed by atoms with E-state index < -0.39 is 27.6 Å². The highest BCUT2D eigenvalue weighted by molar-refractivity contribution is 7.89. The van der Waals surface area contributed by atoms with Crippen LogP contribution < -0.4 is 5.32 Å². The summed E-state index contributed by atoms with van der Waals surface area (Å²) in [6.45, 7) is 3.99. The van der Waals surface area contributed by atoms with Crippen molar-refractivity contribution in [1.29, 1.82) is 0 Å². The molecule has 1 aliphatic rings. The fourth-order valence-electron chi connectivity index (χ4n) is 3.07. The van der Waals surface area contributed by atoms with Crippen molar-refractivity contribution >= 4 is 21.6 Å². The number of amides is 1. The Labute approximate surface area is 162 Å². The molecule has 6 nitrogen and oxygen atoms in total. The fraction of sp³-hybridized carbons (Fsp3) is 0.316. The van der Waals surface area contributed by atoms with Crippen molar-refractivity contribution in [2.45, 2.75) is 31.0 Å². The van der Waals surface area contributed by atoms with E-state index in [1.807, 2.05) is 0 Å². The zero-order valence-electron chi connectivity index (χ0n) is 15.4.